The van der Waals surface area contributed by atoms with E-state index in [0.717, 1.165) is 15.6 Å². The summed E-state index contributed by atoms with van der Waals surface area (Å²) in [6.07, 6.45) is 0. The Bertz CT molecular complexity index is 374. The van der Waals surface area contributed by atoms with Gasteiger partial charge < -0.3 is 0 Å². The zero-order valence-electron chi connectivity index (χ0n) is 7.30. The fraction of sp³-hybridized carbons (Fsp3) is 0. The van der Waals surface area contributed by atoms with Gasteiger partial charge in [0.1, 0.15) is 0 Å². The van der Waals surface area contributed by atoms with Crippen LogP contribution in [-0.2, 0) is 0 Å². The monoisotopic (exact) mass is 265 g/mol. The van der Waals surface area contributed by atoms with Crippen molar-refractivity contribution in [2.75, 3.05) is 0 Å². The van der Waals surface area contributed by atoms with Gasteiger partial charge in [-0.3, -0.25) is 0 Å². The molecule has 0 N–H and O–H groups in total. The van der Waals surface area contributed by atoms with Crippen LogP contribution in [-0.4, -0.2) is 0 Å². The quantitative estimate of drug-likeness (QED) is 0.709. The third-order valence-electron chi connectivity index (χ3n) is 1.93. The van der Waals surface area contributed by atoms with E-state index in [4.69, 9.17) is 11.6 Å². The summed E-state index contributed by atoms with van der Waals surface area (Å²) < 4.78 is 1.08. The van der Waals surface area contributed by atoms with Crippen molar-refractivity contribution < 1.29 is 0 Å². The Morgan fingerprint density at radius 1 is 1.00 bits per heavy atom. The Morgan fingerprint density at radius 3 is 2.29 bits per heavy atom. The van der Waals surface area contributed by atoms with Crippen LogP contribution >= 0.6 is 27.5 Å². The molecule has 0 aliphatic carbocycles. The molecule has 0 saturated carbocycles. The molecule has 0 nitrogen and oxygen atoms in total. The van der Waals surface area contributed by atoms with E-state index in [0.29, 0.717) is 5.02 Å². The predicted molar refractivity (Wildman–Crippen MR) is 63.4 cm³/mol. The topological polar surface area (TPSA) is 0 Å². The molecule has 0 heterocycles. The highest BCUT2D eigenvalue weighted by atomic mass is 79.9. The second-order valence-corrected chi connectivity index (χ2v) is 4.28. The van der Waals surface area contributed by atoms with E-state index in [1.165, 1.54) is 0 Å². The molecule has 0 aliphatic heterocycles. The minimum absolute atomic E-state index is 0.714. The summed E-state index contributed by atoms with van der Waals surface area (Å²) in [4.78, 5) is 0. The normalized spacial score (nSPS) is 10.1. The average Bonchev–Trinajstić information content (AvgIpc) is 2.21. The van der Waals surface area contributed by atoms with Gasteiger partial charge in [0.25, 0.3) is 0 Å². The molecular formula is C12H7BrCl. The van der Waals surface area contributed by atoms with Crippen molar-refractivity contribution in [1.29, 1.82) is 0 Å². The summed E-state index contributed by atoms with van der Waals surface area (Å²) in [5.74, 6) is 0. The van der Waals surface area contributed by atoms with Crippen molar-refractivity contribution in [3.05, 3.63) is 58.0 Å². The zero-order chi connectivity index (χ0) is 9.97. The van der Waals surface area contributed by atoms with Gasteiger partial charge in [-0.1, -0.05) is 45.7 Å². The van der Waals surface area contributed by atoms with E-state index in [1.54, 1.807) is 6.07 Å². The van der Waals surface area contributed by atoms with Gasteiger partial charge in [-0.25, -0.2) is 0 Å². The van der Waals surface area contributed by atoms with Crippen LogP contribution in [0.4, 0.5) is 0 Å². The molecule has 0 amide bonds. The van der Waals surface area contributed by atoms with Gasteiger partial charge in [-0.15, -0.1) is 0 Å². The van der Waals surface area contributed by atoms with Gasteiger partial charge in [-0.05, 0) is 41.5 Å². The molecular weight excluding hydrogens is 259 g/mol. The molecule has 0 aliphatic rings. The SMILES string of the molecule is Clc1c[c]c(-c2ccc(Br)cc2)cc1. The van der Waals surface area contributed by atoms with E-state index in [9.17, 15) is 0 Å². The number of halogens is 2. The summed E-state index contributed by atoms with van der Waals surface area (Å²) in [6.45, 7) is 0. The molecule has 2 heteroatoms. The largest absolute Gasteiger partial charge is 0.0843 e. The van der Waals surface area contributed by atoms with E-state index in [2.05, 4.69) is 22.0 Å². The van der Waals surface area contributed by atoms with Gasteiger partial charge >= 0.3 is 0 Å². The van der Waals surface area contributed by atoms with Crippen molar-refractivity contribution in [1.82, 2.24) is 0 Å². The van der Waals surface area contributed by atoms with Crippen LogP contribution in [0.25, 0.3) is 11.1 Å². The summed E-state index contributed by atoms with van der Waals surface area (Å²) >= 11 is 9.18. The van der Waals surface area contributed by atoms with Gasteiger partial charge in [-0.2, -0.15) is 0 Å². The zero-order valence-corrected chi connectivity index (χ0v) is 9.64. The molecule has 69 valence electrons. The molecule has 2 aromatic rings. The molecule has 0 fully saturated rings. The highest BCUT2D eigenvalue weighted by Crippen LogP contribution is 2.22. The highest BCUT2D eigenvalue weighted by molar-refractivity contribution is 9.10. The summed E-state index contributed by atoms with van der Waals surface area (Å²) in [5.41, 5.74) is 2.20. The molecule has 0 bridgehead atoms. The maximum Gasteiger partial charge on any atom is 0.0412 e. The van der Waals surface area contributed by atoms with Gasteiger partial charge in [0.2, 0.25) is 0 Å². The lowest BCUT2D eigenvalue weighted by molar-refractivity contribution is 1.59. The van der Waals surface area contributed by atoms with Crippen LogP contribution in [0.1, 0.15) is 0 Å². The Kier molecular flexibility index (Phi) is 2.90. The van der Waals surface area contributed by atoms with Gasteiger partial charge in [0, 0.05) is 9.50 Å². The maximum absolute atomic E-state index is 5.79. The van der Waals surface area contributed by atoms with Crippen LogP contribution in [0.3, 0.4) is 0 Å². The van der Waals surface area contributed by atoms with Gasteiger partial charge in [0.05, 0.1) is 0 Å². The standard InChI is InChI=1S/C12H7BrCl/c13-11-5-1-9(2-6-11)10-3-7-12(14)8-4-10/h1-3,5-8H. The Balaban J connectivity index is 2.40. The lowest BCUT2D eigenvalue weighted by Crippen LogP contribution is -1.76. The van der Waals surface area contributed by atoms with Crippen LogP contribution in [0.15, 0.2) is 46.9 Å². The minimum atomic E-state index is 0.714. The summed E-state index contributed by atoms with van der Waals surface area (Å²) in [7, 11) is 0. The van der Waals surface area contributed by atoms with Gasteiger partial charge in [0.15, 0.2) is 0 Å². The molecule has 2 rings (SSSR count). The number of rotatable bonds is 1. The van der Waals surface area contributed by atoms with E-state index < -0.39 is 0 Å². The lowest BCUT2D eigenvalue weighted by atomic mass is 10.1. The fourth-order valence-corrected chi connectivity index (χ4v) is 1.60. The maximum atomic E-state index is 5.79. The average molecular weight is 267 g/mol. The number of hydrogen-bond acceptors (Lipinski definition) is 0. The number of benzene rings is 2. The first-order chi connectivity index (χ1) is 6.75. The third-order valence-corrected chi connectivity index (χ3v) is 2.69. The van der Waals surface area contributed by atoms with Crippen molar-refractivity contribution >= 4 is 27.5 Å². The first-order valence-corrected chi connectivity index (χ1v) is 5.36. The van der Waals surface area contributed by atoms with Crippen molar-refractivity contribution in [2.24, 2.45) is 0 Å². The van der Waals surface area contributed by atoms with Crippen LogP contribution in [0.5, 0.6) is 0 Å². The molecule has 0 unspecified atom stereocenters. The summed E-state index contributed by atoms with van der Waals surface area (Å²) in [5, 5.41) is 0.714. The highest BCUT2D eigenvalue weighted by Gasteiger charge is 1.97. The lowest BCUT2D eigenvalue weighted by Gasteiger charge is -2.00. The Morgan fingerprint density at radius 2 is 1.71 bits per heavy atom. The minimum Gasteiger partial charge on any atom is -0.0843 e. The Hall–Kier alpha value is -0.790. The van der Waals surface area contributed by atoms with E-state index in [1.807, 2.05) is 36.4 Å². The molecule has 0 saturated heterocycles. The van der Waals surface area contributed by atoms with Crippen molar-refractivity contribution in [2.45, 2.75) is 0 Å². The second kappa shape index (κ2) is 4.16. The van der Waals surface area contributed by atoms with Crippen molar-refractivity contribution in [3.8, 4) is 11.1 Å². The summed E-state index contributed by atoms with van der Waals surface area (Å²) in [6, 6.07) is 16.9. The molecule has 0 aromatic heterocycles. The third kappa shape index (κ3) is 2.17. The second-order valence-electron chi connectivity index (χ2n) is 2.93. The molecule has 14 heavy (non-hydrogen) atoms. The fourth-order valence-electron chi connectivity index (χ4n) is 1.21. The number of hydrogen-bond donors (Lipinski definition) is 0. The Labute approximate surface area is 96.7 Å². The predicted octanol–water partition coefficient (Wildman–Crippen LogP) is 4.57. The van der Waals surface area contributed by atoms with Crippen LogP contribution < -0.4 is 0 Å². The van der Waals surface area contributed by atoms with Crippen molar-refractivity contribution in [3.63, 3.8) is 0 Å². The smallest absolute Gasteiger partial charge is 0.0412 e. The first kappa shape index (κ1) is 9.75. The molecule has 2 aromatic carbocycles. The molecule has 0 spiro atoms. The van der Waals surface area contributed by atoms with Crippen LogP contribution in [0, 0.1) is 6.07 Å². The molecule has 0 atom stereocenters. The molecule has 1 radical (unpaired) electrons. The first-order valence-electron chi connectivity index (χ1n) is 4.19. The van der Waals surface area contributed by atoms with Crippen LogP contribution in [0.2, 0.25) is 5.02 Å². The van der Waals surface area contributed by atoms with E-state index in [-0.39, 0.29) is 0 Å². The van der Waals surface area contributed by atoms with E-state index >= 15 is 0 Å².